The molecule has 0 atom stereocenters. The van der Waals surface area contributed by atoms with Crippen LogP contribution in [0.2, 0.25) is 0 Å². The van der Waals surface area contributed by atoms with E-state index in [4.69, 9.17) is 6.92 Å². The minimum Gasteiger partial charge on any atom is -0.287 e. The molecule has 0 aliphatic heterocycles. The van der Waals surface area contributed by atoms with Crippen LogP contribution in [-0.2, 0) is 4.79 Å². The van der Waals surface area contributed by atoms with E-state index in [2.05, 4.69) is 0 Å². The van der Waals surface area contributed by atoms with E-state index in [0.29, 0.717) is 5.75 Å². The van der Waals surface area contributed by atoms with Crippen LogP contribution >= 0.6 is 11.8 Å². The summed E-state index contributed by atoms with van der Waals surface area (Å²) < 4.78 is 0. The topological polar surface area (TPSA) is 17.1 Å². The largest absolute Gasteiger partial charge is 0.287 e. The molecule has 0 aromatic rings. The van der Waals surface area contributed by atoms with Crippen molar-refractivity contribution in [3.8, 4) is 0 Å². The molecule has 0 saturated carbocycles. The molecule has 0 saturated heterocycles. The lowest BCUT2D eigenvalue weighted by Gasteiger charge is -2.14. The van der Waals surface area contributed by atoms with Crippen molar-refractivity contribution in [3.63, 3.8) is 0 Å². The number of hydrogen-bond donors (Lipinski definition) is 0. The molecule has 0 bridgehead atoms. The van der Waals surface area contributed by atoms with E-state index in [-0.39, 0.29) is 10.5 Å². The van der Waals surface area contributed by atoms with Crippen molar-refractivity contribution in [1.29, 1.82) is 0 Å². The third-order valence-electron chi connectivity index (χ3n) is 0.827. The maximum atomic E-state index is 10.9. The summed E-state index contributed by atoms with van der Waals surface area (Å²) in [5, 5.41) is 0.157. The fourth-order valence-corrected chi connectivity index (χ4v) is 0.877. The molecule has 0 aliphatic carbocycles. The van der Waals surface area contributed by atoms with Crippen molar-refractivity contribution in [2.45, 2.75) is 20.8 Å². The van der Waals surface area contributed by atoms with E-state index < -0.39 is 0 Å². The third-order valence-corrected chi connectivity index (χ3v) is 1.87. The van der Waals surface area contributed by atoms with Crippen molar-refractivity contribution in [2.75, 3.05) is 5.75 Å². The van der Waals surface area contributed by atoms with Gasteiger partial charge in [-0.2, -0.15) is 0 Å². The molecule has 0 aliphatic rings. The average Bonchev–Trinajstić information content (AvgIpc) is 1.64. The summed E-state index contributed by atoms with van der Waals surface area (Å²) in [7, 11) is 0. The second-order valence-electron chi connectivity index (χ2n) is 2.85. The highest BCUT2D eigenvalue weighted by molar-refractivity contribution is 8.13. The van der Waals surface area contributed by atoms with Gasteiger partial charge in [-0.1, -0.05) is 32.5 Å². The van der Waals surface area contributed by atoms with Gasteiger partial charge in [-0.25, -0.2) is 0 Å². The van der Waals surface area contributed by atoms with E-state index >= 15 is 0 Å². The fraction of sp³-hybridized carbons (Fsp3) is 0.714. The Morgan fingerprint density at radius 2 is 2.00 bits per heavy atom. The molecular formula is C7H12OS. The SMILES string of the molecule is [CH]CSC(=O)C(C)(C)C. The zero-order chi connectivity index (χ0) is 7.49. The summed E-state index contributed by atoms with van der Waals surface area (Å²) in [5.74, 6) is 0.385. The standard InChI is InChI=1S/C7H12OS/c1-5-9-6(8)7(2,3)4/h1H,5H2,2-4H3. The molecule has 9 heavy (non-hydrogen) atoms. The summed E-state index contributed by atoms with van der Waals surface area (Å²) in [4.78, 5) is 10.9. The minimum atomic E-state index is -0.246. The summed E-state index contributed by atoms with van der Waals surface area (Å²) in [5.41, 5.74) is -0.246. The Morgan fingerprint density at radius 1 is 1.56 bits per heavy atom. The third kappa shape index (κ3) is 3.57. The predicted molar refractivity (Wildman–Crippen MR) is 41.2 cm³/mol. The van der Waals surface area contributed by atoms with Crippen LogP contribution in [0.1, 0.15) is 20.8 Å². The van der Waals surface area contributed by atoms with Crippen LogP contribution in [0.25, 0.3) is 0 Å². The van der Waals surface area contributed by atoms with E-state index in [1.807, 2.05) is 20.8 Å². The monoisotopic (exact) mass is 144 g/mol. The van der Waals surface area contributed by atoms with Gasteiger partial charge in [-0.05, 0) is 6.92 Å². The smallest absolute Gasteiger partial charge is 0.194 e. The zero-order valence-electron chi connectivity index (χ0n) is 6.10. The lowest BCUT2D eigenvalue weighted by Crippen LogP contribution is -2.16. The molecule has 2 heteroatoms. The molecule has 0 aromatic carbocycles. The molecule has 2 radical (unpaired) electrons. The molecule has 0 unspecified atom stereocenters. The van der Waals surface area contributed by atoms with Gasteiger partial charge in [0.25, 0.3) is 0 Å². The lowest BCUT2D eigenvalue weighted by atomic mass is 10.00. The van der Waals surface area contributed by atoms with Crippen molar-refractivity contribution in [1.82, 2.24) is 0 Å². The van der Waals surface area contributed by atoms with Crippen LogP contribution in [0.4, 0.5) is 0 Å². The van der Waals surface area contributed by atoms with Gasteiger partial charge in [0.15, 0.2) is 5.12 Å². The summed E-state index contributed by atoms with van der Waals surface area (Å²) in [6.07, 6.45) is 0. The second kappa shape index (κ2) is 3.25. The average molecular weight is 144 g/mol. The highest BCUT2D eigenvalue weighted by Gasteiger charge is 2.20. The van der Waals surface area contributed by atoms with Crippen LogP contribution < -0.4 is 0 Å². The van der Waals surface area contributed by atoms with Gasteiger partial charge >= 0.3 is 0 Å². The van der Waals surface area contributed by atoms with Crippen molar-refractivity contribution >= 4 is 16.9 Å². The van der Waals surface area contributed by atoms with Gasteiger partial charge < -0.3 is 0 Å². The molecule has 0 N–H and O–H groups in total. The van der Waals surface area contributed by atoms with Crippen LogP contribution in [0.15, 0.2) is 0 Å². The van der Waals surface area contributed by atoms with Gasteiger partial charge in [0.2, 0.25) is 0 Å². The van der Waals surface area contributed by atoms with E-state index in [9.17, 15) is 4.79 Å². The van der Waals surface area contributed by atoms with Gasteiger partial charge in [-0.15, -0.1) is 0 Å². The first-order valence-electron chi connectivity index (χ1n) is 2.86. The van der Waals surface area contributed by atoms with Crippen LogP contribution in [-0.4, -0.2) is 10.9 Å². The molecule has 0 fully saturated rings. The van der Waals surface area contributed by atoms with E-state index in [1.165, 1.54) is 11.8 Å². The highest BCUT2D eigenvalue weighted by atomic mass is 32.2. The first-order valence-corrected chi connectivity index (χ1v) is 3.84. The van der Waals surface area contributed by atoms with E-state index in [0.717, 1.165) is 0 Å². The first-order chi connectivity index (χ1) is 3.98. The number of carbonyl (C=O) groups excluding carboxylic acids is 1. The normalized spacial score (nSPS) is 11.6. The maximum absolute atomic E-state index is 10.9. The molecule has 52 valence electrons. The van der Waals surface area contributed by atoms with Gasteiger partial charge in [0, 0.05) is 11.2 Å². The number of rotatable bonds is 1. The number of thioether (sulfide) groups is 1. The molecule has 0 aromatic heterocycles. The van der Waals surface area contributed by atoms with Crippen LogP contribution in [0, 0.1) is 12.3 Å². The Hall–Kier alpha value is 0.0200. The number of carbonyl (C=O) groups is 1. The Labute approximate surface area is 61.2 Å². The molecule has 0 spiro atoms. The first kappa shape index (κ1) is 9.02. The molecule has 1 nitrogen and oxygen atoms in total. The van der Waals surface area contributed by atoms with Crippen LogP contribution in [0.3, 0.4) is 0 Å². The Balaban J connectivity index is 3.74. The Bertz CT molecular complexity index is 102. The number of hydrogen-bond acceptors (Lipinski definition) is 2. The zero-order valence-corrected chi connectivity index (χ0v) is 6.92. The van der Waals surface area contributed by atoms with Crippen molar-refractivity contribution in [2.24, 2.45) is 5.41 Å². The second-order valence-corrected chi connectivity index (χ2v) is 3.84. The quantitative estimate of drug-likeness (QED) is 0.560. The predicted octanol–water partition coefficient (Wildman–Crippen LogP) is 2.00. The maximum Gasteiger partial charge on any atom is 0.194 e. The Morgan fingerprint density at radius 3 is 2.11 bits per heavy atom. The van der Waals surface area contributed by atoms with Crippen molar-refractivity contribution < 1.29 is 4.79 Å². The Kier molecular flexibility index (Phi) is 3.26. The highest BCUT2D eigenvalue weighted by Crippen LogP contribution is 2.21. The minimum absolute atomic E-state index is 0.157. The molecule has 0 rings (SSSR count). The summed E-state index contributed by atoms with van der Waals surface area (Å²) >= 11 is 1.18. The van der Waals surface area contributed by atoms with Crippen molar-refractivity contribution in [3.05, 3.63) is 6.92 Å². The van der Waals surface area contributed by atoms with Gasteiger partial charge in [-0.3, -0.25) is 4.79 Å². The fourth-order valence-electron chi connectivity index (χ4n) is 0.292. The molecular weight excluding hydrogens is 132 g/mol. The molecule has 0 amide bonds. The van der Waals surface area contributed by atoms with Crippen LogP contribution in [0.5, 0.6) is 0 Å². The van der Waals surface area contributed by atoms with Gasteiger partial charge in [0.1, 0.15) is 0 Å². The van der Waals surface area contributed by atoms with Gasteiger partial charge in [0.05, 0.1) is 0 Å². The lowest BCUT2D eigenvalue weighted by molar-refractivity contribution is -0.117. The summed E-state index contributed by atoms with van der Waals surface area (Å²) in [6.45, 7) is 10.8. The summed E-state index contributed by atoms with van der Waals surface area (Å²) in [6, 6.07) is 0. The van der Waals surface area contributed by atoms with E-state index in [1.54, 1.807) is 0 Å². The molecule has 0 heterocycles.